The molecule has 0 bridgehead atoms. The first-order chi connectivity index (χ1) is 8.99. The van der Waals surface area contributed by atoms with Crippen LogP contribution in [0.25, 0.3) is 0 Å². The predicted octanol–water partition coefficient (Wildman–Crippen LogP) is 2.37. The van der Waals surface area contributed by atoms with Crippen LogP contribution in [0.5, 0.6) is 11.5 Å². The number of methoxy groups -OCH3 is 2. The second kappa shape index (κ2) is 5.11. The first-order valence-electron chi connectivity index (χ1n) is 6.47. The zero-order valence-corrected chi connectivity index (χ0v) is 11.9. The van der Waals surface area contributed by atoms with Crippen molar-refractivity contribution in [1.82, 2.24) is 5.32 Å². The Balaban J connectivity index is 2.05. The van der Waals surface area contributed by atoms with Gasteiger partial charge in [-0.1, -0.05) is 19.9 Å². The van der Waals surface area contributed by atoms with Crippen LogP contribution >= 0.6 is 0 Å². The lowest BCUT2D eigenvalue weighted by Gasteiger charge is -2.14. The van der Waals surface area contributed by atoms with Crippen LogP contribution < -0.4 is 14.8 Å². The Kier molecular flexibility index (Phi) is 3.69. The van der Waals surface area contributed by atoms with Crippen LogP contribution in [0.15, 0.2) is 18.2 Å². The van der Waals surface area contributed by atoms with E-state index in [4.69, 9.17) is 9.47 Å². The van der Waals surface area contributed by atoms with Gasteiger partial charge in [-0.2, -0.15) is 0 Å². The minimum atomic E-state index is 0.109. The summed E-state index contributed by atoms with van der Waals surface area (Å²) in [6.45, 7) is 4.65. The highest BCUT2D eigenvalue weighted by molar-refractivity contribution is 5.82. The Morgan fingerprint density at radius 2 is 1.84 bits per heavy atom. The van der Waals surface area contributed by atoms with Gasteiger partial charge in [0.1, 0.15) is 11.5 Å². The SMILES string of the molecule is COc1cccc(OC)c1CNC(=O)C1CC1(C)C. The van der Waals surface area contributed by atoms with E-state index in [0.29, 0.717) is 6.54 Å². The molecule has 1 unspecified atom stereocenters. The molecular formula is C15H21NO3. The highest BCUT2D eigenvalue weighted by Gasteiger charge is 2.50. The van der Waals surface area contributed by atoms with E-state index in [1.54, 1.807) is 14.2 Å². The Hall–Kier alpha value is -1.71. The molecule has 0 radical (unpaired) electrons. The van der Waals surface area contributed by atoms with Crippen LogP contribution in [-0.4, -0.2) is 20.1 Å². The van der Waals surface area contributed by atoms with Crippen molar-refractivity contribution >= 4 is 5.91 Å². The molecule has 1 saturated carbocycles. The fourth-order valence-corrected chi connectivity index (χ4v) is 2.32. The quantitative estimate of drug-likeness (QED) is 0.887. The lowest BCUT2D eigenvalue weighted by molar-refractivity contribution is -0.123. The first-order valence-corrected chi connectivity index (χ1v) is 6.47. The second-order valence-corrected chi connectivity index (χ2v) is 5.60. The number of rotatable bonds is 5. The molecule has 1 fully saturated rings. The monoisotopic (exact) mass is 263 g/mol. The van der Waals surface area contributed by atoms with Crippen molar-refractivity contribution < 1.29 is 14.3 Å². The molecule has 0 spiro atoms. The van der Waals surface area contributed by atoms with Gasteiger partial charge in [-0.3, -0.25) is 4.79 Å². The average molecular weight is 263 g/mol. The minimum Gasteiger partial charge on any atom is -0.496 e. The molecule has 0 aliphatic heterocycles. The third-order valence-corrected chi connectivity index (χ3v) is 3.80. The molecule has 1 aromatic carbocycles. The molecule has 1 atom stereocenters. The van der Waals surface area contributed by atoms with Crippen molar-refractivity contribution in [3.05, 3.63) is 23.8 Å². The number of carbonyl (C=O) groups excluding carboxylic acids is 1. The summed E-state index contributed by atoms with van der Waals surface area (Å²) in [5.74, 6) is 1.70. The Morgan fingerprint density at radius 1 is 1.32 bits per heavy atom. The zero-order chi connectivity index (χ0) is 14.0. The number of carbonyl (C=O) groups is 1. The van der Waals surface area contributed by atoms with Gasteiger partial charge in [0, 0.05) is 5.92 Å². The summed E-state index contributed by atoms with van der Waals surface area (Å²) in [6.07, 6.45) is 0.960. The van der Waals surface area contributed by atoms with Gasteiger partial charge in [0.25, 0.3) is 0 Å². The molecule has 1 amide bonds. The molecule has 1 aliphatic carbocycles. The summed E-state index contributed by atoms with van der Waals surface area (Å²) in [4.78, 5) is 12.0. The van der Waals surface area contributed by atoms with Crippen molar-refractivity contribution in [3.63, 3.8) is 0 Å². The standard InChI is InChI=1S/C15H21NO3/c1-15(2)8-11(15)14(17)16-9-10-12(18-3)6-5-7-13(10)19-4/h5-7,11H,8-9H2,1-4H3,(H,16,17). The maximum atomic E-state index is 12.0. The molecule has 4 nitrogen and oxygen atoms in total. The predicted molar refractivity (Wildman–Crippen MR) is 73.3 cm³/mol. The summed E-state index contributed by atoms with van der Waals surface area (Å²) < 4.78 is 10.6. The van der Waals surface area contributed by atoms with Crippen LogP contribution in [0.3, 0.4) is 0 Å². The van der Waals surface area contributed by atoms with Crippen LogP contribution in [0.4, 0.5) is 0 Å². The topological polar surface area (TPSA) is 47.6 Å². The molecule has 0 aromatic heterocycles. The van der Waals surface area contributed by atoms with E-state index in [-0.39, 0.29) is 17.2 Å². The summed E-state index contributed by atoms with van der Waals surface area (Å²) in [5.41, 5.74) is 1.02. The maximum Gasteiger partial charge on any atom is 0.223 e. The van der Waals surface area contributed by atoms with E-state index >= 15 is 0 Å². The normalized spacial score (nSPS) is 19.7. The summed E-state index contributed by atoms with van der Waals surface area (Å²) in [7, 11) is 3.23. The molecule has 1 aromatic rings. The van der Waals surface area contributed by atoms with E-state index < -0.39 is 0 Å². The third kappa shape index (κ3) is 2.83. The fraction of sp³-hybridized carbons (Fsp3) is 0.533. The van der Waals surface area contributed by atoms with Crippen molar-refractivity contribution in [2.75, 3.05) is 14.2 Å². The molecule has 104 valence electrons. The van der Waals surface area contributed by atoms with Gasteiger partial charge in [-0.25, -0.2) is 0 Å². The highest BCUT2D eigenvalue weighted by atomic mass is 16.5. The van der Waals surface area contributed by atoms with Crippen molar-refractivity contribution in [2.45, 2.75) is 26.8 Å². The number of ether oxygens (including phenoxy) is 2. The molecule has 19 heavy (non-hydrogen) atoms. The third-order valence-electron chi connectivity index (χ3n) is 3.80. The summed E-state index contributed by atoms with van der Waals surface area (Å²) in [6, 6.07) is 5.60. The Morgan fingerprint density at radius 3 is 2.26 bits per heavy atom. The summed E-state index contributed by atoms with van der Waals surface area (Å²) >= 11 is 0. The van der Waals surface area contributed by atoms with E-state index in [1.165, 1.54) is 0 Å². The summed E-state index contributed by atoms with van der Waals surface area (Å²) in [5, 5.41) is 2.97. The van der Waals surface area contributed by atoms with Gasteiger partial charge >= 0.3 is 0 Å². The zero-order valence-electron chi connectivity index (χ0n) is 11.9. The van der Waals surface area contributed by atoms with Gasteiger partial charge in [0.05, 0.1) is 26.3 Å². The van der Waals surface area contributed by atoms with Gasteiger partial charge in [0.15, 0.2) is 0 Å². The second-order valence-electron chi connectivity index (χ2n) is 5.60. The fourth-order valence-electron chi connectivity index (χ4n) is 2.32. The Labute approximate surface area is 114 Å². The molecule has 0 heterocycles. The minimum absolute atomic E-state index is 0.109. The number of benzene rings is 1. The number of hydrogen-bond donors (Lipinski definition) is 1. The maximum absolute atomic E-state index is 12.0. The first kappa shape index (κ1) is 13.7. The van der Waals surface area contributed by atoms with Gasteiger partial charge in [-0.15, -0.1) is 0 Å². The number of hydrogen-bond acceptors (Lipinski definition) is 3. The van der Waals surface area contributed by atoms with E-state index in [2.05, 4.69) is 19.2 Å². The molecule has 4 heteroatoms. The van der Waals surface area contributed by atoms with Gasteiger partial charge in [-0.05, 0) is 24.0 Å². The van der Waals surface area contributed by atoms with Crippen LogP contribution in [0, 0.1) is 11.3 Å². The van der Waals surface area contributed by atoms with Crippen molar-refractivity contribution in [1.29, 1.82) is 0 Å². The lowest BCUT2D eigenvalue weighted by atomic mass is 10.1. The molecule has 2 rings (SSSR count). The van der Waals surface area contributed by atoms with Crippen molar-refractivity contribution in [3.8, 4) is 11.5 Å². The van der Waals surface area contributed by atoms with Crippen LogP contribution in [0.1, 0.15) is 25.8 Å². The number of nitrogens with one attached hydrogen (secondary N) is 1. The smallest absolute Gasteiger partial charge is 0.223 e. The van der Waals surface area contributed by atoms with Crippen LogP contribution in [0.2, 0.25) is 0 Å². The number of amides is 1. The highest BCUT2D eigenvalue weighted by Crippen LogP contribution is 2.51. The van der Waals surface area contributed by atoms with Crippen LogP contribution in [-0.2, 0) is 11.3 Å². The van der Waals surface area contributed by atoms with Gasteiger partial charge < -0.3 is 14.8 Å². The van der Waals surface area contributed by atoms with E-state index in [1.807, 2.05) is 18.2 Å². The Bertz CT molecular complexity index is 460. The molecule has 0 saturated heterocycles. The van der Waals surface area contributed by atoms with E-state index in [9.17, 15) is 4.79 Å². The molecule has 1 aliphatic rings. The van der Waals surface area contributed by atoms with Gasteiger partial charge in [0.2, 0.25) is 5.91 Å². The molecular weight excluding hydrogens is 242 g/mol. The lowest BCUT2D eigenvalue weighted by Crippen LogP contribution is -2.26. The largest absolute Gasteiger partial charge is 0.496 e. The van der Waals surface area contributed by atoms with Crippen molar-refractivity contribution in [2.24, 2.45) is 11.3 Å². The molecule has 1 N–H and O–H groups in total. The average Bonchev–Trinajstić information content (AvgIpc) is 3.04. The van der Waals surface area contributed by atoms with E-state index in [0.717, 1.165) is 23.5 Å².